The van der Waals surface area contributed by atoms with Crippen LogP contribution in [0.25, 0.3) is 0 Å². The van der Waals surface area contributed by atoms with E-state index in [4.69, 9.17) is 16.3 Å². The molecule has 4 nitrogen and oxygen atoms in total. The van der Waals surface area contributed by atoms with Crippen LogP contribution in [0.1, 0.15) is 32.2 Å². The quantitative estimate of drug-likeness (QED) is 0.918. The molecule has 5 heteroatoms. The molecule has 2 aromatic rings. The van der Waals surface area contributed by atoms with E-state index in [1.165, 1.54) is 0 Å². The van der Waals surface area contributed by atoms with Gasteiger partial charge in [0.15, 0.2) is 0 Å². The van der Waals surface area contributed by atoms with Gasteiger partial charge in [-0.1, -0.05) is 29.8 Å². The van der Waals surface area contributed by atoms with Crippen molar-refractivity contribution >= 4 is 11.6 Å². The second-order valence-corrected chi connectivity index (χ2v) is 6.44. The van der Waals surface area contributed by atoms with E-state index < -0.39 is 0 Å². The summed E-state index contributed by atoms with van der Waals surface area (Å²) in [5.74, 6) is 1.67. The lowest BCUT2D eigenvalue weighted by Crippen LogP contribution is -2.35. The first-order valence-electron chi connectivity index (χ1n) is 6.98. The Hall–Kier alpha value is -1.52. The largest absolute Gasteiger partial charge is 0.485 e. The number of aromatic nitrogens is 2. The highest BCUT2D eigenvalue weighted by atomic mass is 35.5. The third-order valence-electron chi connectivity index (χ3n) is 3.17. The van der Waals surface area contributed by atoms with E-state index >= 15 is 0 Å². The highest BCUT2D eigenvalue weighted by Crippen LogP contribution is 2.20. The lowest BCUT2D eigenvalue weighted by Gasteiger charge is -2.21. The molecule has 0 saturated carbocycles. The fourth-order valence-electron chi connectivity index (χ4n) is 1.85. The van der Waals surface area contributed by atoms with Crippen LogP contribution in [0.5, 0.6) is 5.75 Å². The van der Waals surface area contributed by atoms with Crippen LogP contribution in [0.3, 0.4) is 0 Å². The van der Waals surface area contributed by atoms with Crippen molar-refractivity contribution in [1.82, 2.24) is 14.9 Å². The van der Waals surface area contributed by atoms with Crippen molar-refractivity contribution in [3.05, 3.63) is 47.0 Å². The van der Waals surface area contributed by atoms with E-state index in [-0.39, 0.29) is 5.54 Å². The van der Waals surface area contributed by atoms with E-state index in [0.29, 0.717) is 11.8 Å². The van der Waals surface area contributed by atoms with Crippen molar-refractivity contribution in [3.63, 3.8) is 0 Å². The summed E-state index contributed by atoms with van der Waals surface area (Å²) in [4.78, 5) is 4.24. The van der Waals surface area contributed by atoms with Gasteiger partial charge in [0.1, 0.15) is 23.3 Å². The number of benzene rings is 1. The van der Waals surface area contributed by atoms with Crippen molar-refractivity contribution < 1.29 is 4.74 Å². The van der Waals surface area contributed by atoms with E-state index in [2.05, 4.69) is 37.1 Å². The van der Waals surface area contributed by atoms with Crippen LogP contribution in [0.4, 0.5) is 0 Å². The van der Waals surface area contributed by atoms with Crippen molar-refractivity contribution in [2.75, 3.05) is 0 Å². The molecule has 114 valence electrons. The number of nitrogens with zero attached hydrogens (tertiary/aromatic N) is 2. The van der Waals surface area contributed by atoms with Gasteiger partial charge in [-0.25, -0.2) is 4.98 Å². The fourth-order valence-corrected chi connectivity index (χ4v) is 2.00. The van der Waals surface area contributed by atoms with Crippen LogP contribution >= 0.6 is 11.6 Å². The number of imidazole rings is 1. The first-order valence-corrected chi connectivity index (χ1v) is 7.36. The predicted molar refractivity (Wildman–Crippen MR) is 85.6 cm³/mol. The van der Waals surface area contributed by atoms with E-state index in [0.717, 1.165) is 23.7 Å². The van der Waals surface area contributed by atoms with Gasteiger partial charge in [0.2, 0.25) is 0 Å². The molecular weight excluding hydrogens is 286 g/mol. The van der Waals surface area contributed by atoms with Crippen LogP contribution in [0, 0.1) is 0 Å². The predicted octanol–water partition coefficient (Wildman–Crippen LogP) is 3.54. The Kier molecular flexibility index (Phi) is 4.91. The molecule has 1 heterocycles. The average molecular weight is 308 g/mol. The number of para-hydroxylation sites is 1. The SMILES string of the molecule is Cn1c(Cl)cnc1COc1ccccc1CNC(C)(C)C. The van der Waals surface area contributed by atoms with Gasteiger partial charge in [-0.3, -0.25) is 0 Å². The Labute approximate surface area is 131 Å². The molecule has 21 heavy (non-hydrogen) atoms. The van der Waals surface area contributed by atoms with Crippen molar-refractivity contribution in [1.29, 1.82) is 0 Å². The molecule has 0 atom stereocenters. The summed E-state index contributed by atoms with van der Waals surface area (Å²) in [5, 5.41) is 4.08. The van der Waals surface area contributed by atoms with Crippen LogP contribution in [0.15, 0.2) is 30.5 Å². The number of nitrogens with one attached hydrogen (secondary N) is 1. The van der Waals surface area contributed by atoms with Crippen LogP contribution in [-0.2, 0) is 20.2 Å². The molecule has 0 aliphatic carbocycles. The molecule has 1 aromatic heterocycles. The van der Waals surface area contributed by atoms with Gasteiger partial charge in [-0.05, 0) is 26.8 Å². The maximum Gasteiger partial charge on any atom is 0.147 e. The van der Waals surface area contributed by atoms with Crippen molar-refractivity contribution in [2.24, 2.45) is 7.05 Å². The third kappa shape index (κ3) is 4.48. The minimum atomic E-state index is 0.0698. The summed E-state index contributed by atoms with van der Waals surface area (Å²) >= 11 is 5.98. The topological polar surface area (TPSA) is 39.1 Å². The van der Waals surface area contributed by atoms with Gasteiger partial charge in [-0.2, -0.15) is 0 Å². The van der Waals surface area contributed by atoms with Gasteiger partial charge in [0, 0.05) is 24.7 Å². The van der Waals surface area contributed by atoms with Crippen LogP contribution in [-0.4, -0.2) is 15.1 Å². The zero-order valence-corrected chi connectivity index (χ0v) is 13.7. The Morgan fingerprint density at radius 3 is 2.62 bits per heavy atom. The second-order valence-electron chi connectivity index (χ2n) is 6.06. The Bertz CT molecular complexity index is 602. The molecule has 0 fully saturated rings. The van der Waals surface area contributed by atoms with Gasteiger partial charge < -0.3 is 14.6 Å². The van der Waals surface area contributed by atoms with Crippen molar-refractivity contribution in [3.8, 4) is 5.75 Å². The molecule has 2 rings (SSSR count). The third-order valence-corrected chi connectivity index (χ3v) is 3.52. The minimum Gasteiger partial charge on any atom is -0.485 e. The smallest absolute Gasteiger partial charge is 0.147 e. The summed E-state index contributed by atoms with van der Waals surface area (Å²) in [5.41, 5.74) is 1.20. The molecule has 1 aromatic carbocycles. The highest BCUT2D eigenvalue weighted by molar-refractivity contribution is 6.29. The van der Waals surface area contributed by atoms with E-state index in [1.807, 2.05) is 29.8 Å². The number of rotatable bonds is 5. The molecule has 0 radical (unpaired) electrons. The number of hydrogen-bond donors (Lipinski definition) is 1. The molecule has 0 amide bonds. The molecule has 1 N–H and O–H groups in total. The Morgan fingerprint density at radius 2 is 2.00 bits per heavy atom. The van der Waals surface area contributed by atoms with Gasteiger partial charge in [0.05, 0.1) is 6.20 Å². The fraction of sp³-hybridized carbons (Fsp3) is 0.438. The highest BCUT2D eigenvalue weighted by Gasteiger charge is 2.11. The summed E-state index contributed by atoms with van der Waals surface area (Å²) in [6.07, 6.45) is 1.63. The second kappa shape index (κ2) is 6.50. The van der Waals surface area contributed by atoms with Crippen LogP contribution < -0.4 is 10.1 Å². The molecule has 0 saturated heterocycles. The van der Waals surface area contributed by atoms with Gasteiger partial charge in [-0.15, -0.1) is 0 Å². The van der Waals surface area contributed by atoms with Gasteiger partial charge in [0.25, 0.3) is 0 Å². The summed E-state index contributed by atoms with van der Waals surface area (Å²) in [7, 11) is 1.88. The first kappa shape index (κ1) is 15.9. The lowest BCUT2D eigenvalue weighted by molar-refractivity contribution is 0.286. The zero-order valence-electron chi connectivity index (χ0n) is 13.0. The number of ether oxygens (including phenoxy) is 1. The standard InChI is InChI=1S/C16H22ClN3O/c1-16(2,3)19-9-12-7-5-6-8-13(12)21-11-15-18-10-14(17)20(15)4/h5-8,10,19H,9,11H2,1-4H3. The van der Waals surface area contributed by atoms with Crippen molar-refractivity contribution in [2.45, 2.75) is 39.5 Å². The monoisotopic (exact) mass is 307 g/mol. The summed E-state index contributed by atoms with van der Waals surface area (Å²) < 4.78 is 7.72. The minimum absolute atomic E-state index is 0.0698. The first-order chi connectivity index (χ1) is 9.87. The summed E-state index contributed by atoms with van der Waals surface area (Å²) in [6, 6.07) is 8.04. The Balaban J connectivity index is 2.04. The van der Waals surface area contributed by atoms with Crippen LogP contribution in [0.2, 0.25) is 5.15 Å². The molecule has 0 bridgehead atoms. The average Bonchev–Trinajstić information content (AvgIpc) is 2.74. The molecule has 0 unspecified atom stereocenters. The number of halogens is 1. The summed E-state index contributed by atoms with van der Waals surface area (Å²) in [6.45, 7) is 7.60. The molecule has 0 aliphatic heterocycles. The Morgan fingerprint density at radius 1 is 1.29 bits per heavy atom. The maximum atomic E-state index is 5.98. The molecule has 0 spiro atoms. The molecular formula is C16H22ClN3O. The normalized spacial score (nSPS) is 11.7. The lowest BCUT2D eigenvalue weighted by atomic mass is 10.1. The number of hydrogen-bond acceptors (Lipinski definition) is 3. The van der Waals surface area contributed by atoms with E-state index in [1.54, 1.807) is 6.20 Å². The maximum absolute atomic E-state index is 5.98. The van der Waals surface area contributed by atoms with Gasteiger partial charge >= 0.3 is 0 Å². The van der Waals surface area contributed by atoms with E-state index in [9.17, 15) is 0 Å². The molecule has 0 aliphatic rings. The zero-order chi connectivity index (χ0) is 15.5.